The maximum Gasteiger partial charge on any atom is 0.244 e. The molecule has 1 fully saturated rings. The fourth-order valence-electron chi connectivity index (χ4n) is 3.17. The van der Waals surface area contributed by atoms with Crippen LogP contribution in [0.15, 0.2) is 29.2 Å². The molecule has 0 radical (unpaired) electrons. The second-order valence-corrected chi connectivity index (χ2v) is 8.46. The van der Waals surface area contributed by atoms with Gasteiger partial charge < -0.3 is 19.7 Å². The smallest absolute Gasteiger partial charge is 0.244 e. The molecule has 1 aromatic heterocycles. The van der Waals surface area contributed by atoms with Crippen LogP contribution < -0.4 is 24.4 Å². The number of benzene rings is 1. The van der Waals surface area contributed by atoms with E-state index in [1.165, 1.54) is 39.2 Å². The molecule has 9 nitrogen and oxygen atoms in total. The standard InChI is InChI=1S/C19H27N5O4S/c1-14-12-18(24-10-4-5-11-24)23-19(22-14)20-8-9-21-29(25,26)17-7-6-15(27-2)13-16(17)28-3/h6-7,12-13,21H,4-5,8-11H2,1-3H3,(H,20,22,23). The van der Waals surface area contributed by atoms with E-state index in [-0.39, 0.29) is 17.2 Å². The van der Waals surface area contributed by atoms with E-state index in [4.69, 9.17) is 9.47 Å². The van der Waals surface area contributed by atoms with Crippen molar-refractivity contribution in [2.75, 3.05) is 50.6 Å². The van der Waals surface area contributed by atoms with E-state index in [1.807, 2.05) is 13.0 Å². The summed E-state index contributed by atoms with van der Waals surface area (Å²) >= 11 is 0. The summed E-state index contributed by atoms with van der Waals surface area (Å²) in [7, 11) is -0.803. The SMILES string of the molecule is COc1ccc(S(=O)(=O)NCCNc2nc(C)cc(N3CCCC3)n2)c(OC)c1. The van der Waals surface area contributed by atoms with Crippen LogP contribution in [0.3, 0.4) is 0 Å². The van der Waals surface area contributed by atoms with E-state index in [0.717, 1.165) is 24.6 Å². The molecule has 10 heteroatoms. The zero-order valence-electron chi connectivity index (χ0n) is 16.9. The van der Waals surface area contributed by atoms with E-state index in [9.17, 15) is 8.42 Å². The zero-order valence-corrected chi connectivity index (χ0v) is 17.8. The number of nitrogens with zero attached hydrogens (tertiary/aromatic N) is 3. The number of rotatable bonds is 9. The Morgan fingerprint density at radius 2 is 1.83 bits per heavy atom. The van der Waals surface area contributed by atoms with Crippen molar-refractivity contribution in [1.29, 1.82) is 0 Å². The molecule has 0 spiro atoms. The van der Waals surface area contributed by atoms with Gasteiger partial charge in [0.2, 0.25) is 16.0 Å². The van der Waals surface area contributed by atoms with Crippen molar-refractivity contribution in [3.63, 3.8) is 0 Å². The second-order valence-electron chi connectivity index (χ2n) is 6.73. The average molecular weight is 422 g/mol. The summed E-state index contributed by atoms with van der Waals surface area (Å²) in [6, 6.07) is 6.54. The number of anilines is 2. The predicted molar refractivity (Wildman–Crippen MR) is 111 cm³/mol. The van der Waals surface area contributed by atoms with Gasteiger partial charge in [0.1, 0.15) is 22.2 Å². The number of methoxy groups -OCH3 is 2. The first-order chi connectivity index (χ1) is 13.9. The predicted octanol–water partition coefficient (Wildman–Crippen LogP) is 1.79. The number of aromatic nitrogens is 2. The van der Waals surface area contributed by atoms with Gasteiger partial charge in [-0.3, -0.25) is 0 Å². The van der Waals surface area contributed by atoms with Crippen LogP contribution in [0.2, 0.25) is 0 Å². The van der Waals surface area contributed by atoms with Gasteiger partial charge in [0, 0.05) is 44.0 Å². The lowest BCUT2D eigenvalue weighted by Crippen LogP contribution is -2.29. The molecule has 2 aromatic rings. The number of hydrogen-bond acceptors (Lipinski definition) is 8. The van der Waals surface area contributed by atoms with Crippen LogP contribution in [0, 0.1) is 6.92 Å². The van der Waals surface area contributed by atoms with Crippen LogP contribution in [0.25, 0.3) is 0 Å². The summed E-state index contributed by atoms with van der Waals surface area (Å²) in [5.41, 5.74) is 0.868. The molecule has 2 heterocycles. The van der Waals surface area contributed by atoms with Crippen LogP contribution in [0.5, 0.6) is 11.5 Å². The van der Waals surface area contributed by atoms with E-state index in [1.54, 1.807) is 6.07 Å². The summed E-state index contributed by atoms with van der Waals surface area (Å²) in [5.74, 6) is 2.14. The molecule has 3 rings (SSSR count). The van der Waals surface area contributed by atoms with Crippen molar-refractivity contribution in [1.82, 2.24) is 14.7 Å². The number of sulfonamides is 1. The summed E-state index contributed by atoms with van der Waals surface area (Å²) in [6.07, 6.45) is 2.34. The Kier molecular flexibility index (Phi) is 6.75. The van der Waals surface area contributed by atoms with Crippen LogP contribution in [0.1, 0.15) is 18.5 Å². The molecule has 2 N–H and O–H groups in total. The monoisotopic (exact) mass is 421 g/mol. The van der Waals surface area contributed by atoms with Crippen molar-refractivity contribution >= 4 is 21.8 Å². The Morgan fingerprint density at radius 1 is 1.07 bits per heavy atom. The van der Waals surface area contributed by atoms with Gasteiger partial charge >= 0.3 is 0 Å². The maximum absolute atomic E-state index is 12.6. The lowest BCUT2D eigenvalue weighted by Gasteiger charge is -2.17. The molecular weight excluding hydrogens is 394 g/mol. The summed E-state index contributed by atoms with van der Waals surface area (Å²) < 4.78 is 38.1. The normalized spacial score (nSPS) is 14.1. The molecule has 0 bridgehead atoms. The van der Waals surface area contributed by atoms with E-state index in [0.29, 0.717) is 18.2 Å². The summed E-state index contributed by atoms with van der Waals surface area (Å²) in [5, 5.41) is 3.09. The first-order valence-electron chi connectivity index (χ1n) is 9.49. The molecule has 1 aliphatic rings. The van der Waals surface area contributed by atoms with E-state index in [2.05, 4.69) is 24.9 Å². The molecule has 0 saturated carbocycles. The summed E-state index contributed by atoms with van der Waals surface area (Å²) in [6.45, 7) is 4.44. The molecule has 0 amide bonds. The number of ether oxygens (including phenoxy) is 2. The van der Waals surface area contributed by atoms with Gasteiger partial charge in [0.25, 0.3) is 0 Å². The van der Waals surface area contributed by atoms with Gasteiger partial charge in [-0.25, -0.2) is 18.1 Å². The van der Waals surface area contributed by atoms with Crippen LogP contribution in [0.4, 0.5) is 11.8 Å². The molecular formula is C19H27N5O4S. The highest BCUT2D eigenvalue weighted by Gasteiger charge is 2.20. The van der Waals surface area contributed by atoms with E-state index >= 15 is 0 Å². The molecule has 158 valence electrons. The van der Waals surface area contributed by atoms with Crippen molar-refractivity contribution in [2.24, 2.45) is 0 Å². The molecule has 0 atom stereocenters. The Morgan fingerprint density at radius 3 is 2.52 bits per heavy atom. The zero-order chi connectivity index (χ0) is 20.9. The third kappa shape index (κ3) is 5.27. The highest BCUT2D eigenvalue weighted by atomic mass is 32.2. The fraction of sp³-hybridized carbons (Fsp3) is 0.474. The van der Waals surface area contributed by atoms with Crippen molar-refractivity contribution in [3.05, 3.63) is 30.0 Å². The highest BCUT2D eigenvalue weighted by molar-refractivity contribution is 7.89. The van der Waals surface area contributed by atoms with Gasteiger partial charge in [-0.1, -0.05) is 0 Å². The molecule has 1 aromatic carbocycles. The van der Waals surface area contributed by atoms with Gasteiger partial charge in [-0.15, -0.1) is 0 Å². The molecule has 0 unspecified atom stereocenters. The van der Waals surface area contributed by atoms with Gasteiger partial charge in [-0.05, 0) is 31.9 Å². The van der Waals surface area contributed by atoms with Crippen LogP contribution >= 0.6 is 0 Å². The number of nitrogens with one attached hydrogen (secondary N) is 2. The lowest BCUT2D eigenvalue weighted by atomic mass is 10.3. The minimum Gasteiger partial charge on any atom is -0.497 e. The first kappa shape index (κ1) is 21.1. The molecule has 1 saturated heterocycles. The fourth-order valence-corrected chi connectivity index (χ4v) is 4.35. The minimum atomic E-state index is -3.73. The summed E-state index contributed by atoms with van der Waals surface area (Å²) in [4.78, 5) is 11.2. The average Bonchev–Trinajstić information content (AvgIpc) is 3.25. The lowest BCUT2D eigenvalue weighted by molar-refractivity contribution is 0.386. The Bertz CT molecular complexity index is 946. The largest absolute Gasteiger partial charge is 0.497 e. The molecule has 1 aliphatic heterocycles. The van der Waals surface area contributed by atoms with Crippen molar-refractivity contribution < 1.29 is 17.9 Å². The Balaban J connectivity index is 1.60. The van der Waals surface area contributed by atoms with Gasteiger partial charge in [0.05, 0.1) is 14.2 Å². The Labute approximate surface area is 171 Å². The molecule has 29 heavy (non-hydrogen) atoms. The topological polar surface area (TPSA) is 106 Å². The molecule has 0 aliphatic carbocycles. The maximum atomic E-state index is 12.6. The highest BCUT2D eigenvalue weighted by Crippen LogP contribution is 2.28. The van der Waals surface area contributed by atoms with Gasteiger partial charge in [-0.2, -0.15) is 4.98 Å². The minimum absolute atomic E-state index is 0.0592. The van der Waals surface area contributed by atoms with Crippen molar-refractivity contribution in [3.8, 4) is 11.5 Å². The van der Waals surface area contributed by atoms with Crippen molar-refractivity contribution in [2.45, 2.75) is 24.7 Å². The first-order valence-corrected chi connectivity index (χ1v) is 11.0. The van der Waals surface area contributed by atoms with E-state index < -0.39 is 10.0 Å². The van der Waals surface area contributed by atoms with Crippen LogP contribution in [-0.4, -0.2) is 58.8 Å². The third-order valence-electron chi connectivity index (χ3n) is 4.63. The number of hydrogen-bond donors (Lipinski definition) is 2. The van der Waals surface area contributed by atoms with Crippen LogP contribution in [-0.2, 0) is 10.0 Å². The quantitative estimate of drug-likeness (QED) is 0.591. The van der Waals surface area contributed by atoms with Gasteiger partial charge in [0.15, 0.2) is 0 Å². The second kappa shape index (κ2) is 9.27. The Hall–Kier alpha value is -2.59. The third-order valence-corrected chi connectivity index (χ3v) is 6.13. The number of aryl methyl sites for hydroxylation is 1.